The molecular formula is C27H38N6O4. The first-order valence-corrected chi connectivity index (χ1v) is 12.6. The van der Waals surface area contributed by atoms with Gasteiger partial charge in [-0.1, -0.05) is 26.0 Å². The summed E-state index contributed by atoms with van der Waals surface area (Å²) in [6.07, 6.45) is 1.40. The maximum absolute atomic E-state index is 12.3. The summed E-state index contributed by atoms with van der Waals surface area (Å²) in [7, 11) is 1.88. The Morgan fingerprint density at radius 3 is 2.30 bits per heavy atom. The molecule has 6 N–H and O–H groups in total. The van der Waals surface area contributed by atoms with Crippen LogP contribution in [0.2, 0.25) is 0 Å². The van der Waals surface area contributed by atoms with Gasteiger partial charge in [-0.3, -0.25) is 15.1 Å². The van der Waals surface area contributed by atoms with E-state index in [1.165, 1.54) is 12.1 Å². The number of urea groups is 1. The van der Waals surface area contributed by atoms with Crippen molar-refractivity contribution >= 4 is 23.5 Å². The molecule has 0 radical (unpaired) electrons. The zero-order chi connectivity index (χ0) is 27.1. The lowest BCUT2D eigenvalue weighted by Gasteiger charge is -2.35. The monoisotopic (exact) mass is 510 g/mol. The SMILES string of the molecule is CNCCCC(=O)N1CCN(Cc2ccc(N(C(=N)c3cc(C(C)C)c(O)cc3O)C(N)=O)cc2)CC1. The second-order valence-corrected chi connectivity index (χ2v) is 9.64. The summed E-state index contributed by atoms with van der Waals surface area (Å²) >= 11 is 0. The van der Waals surface area contributed by atoms with Crippen molar-refractivity contribution in [2.45, 2.75) is 39.2 Å². The highest BCUT2D eigenvalue weighted by molar-refractivity contribution is 6.22. The van der Waals surface area contributed by atoms with Gasteiger partial charge in [0.2, 0.25) is 5.91 Å². The standard InChI is InChI=1S/C27H38N6O4/c1-18(2)21-15-22(24(35)16-23(21)34)26(28)33(27(29)37)20-8-6-19(7-9-20)17-31-11-13-32(14-12-31)25(36)5-4-10-30-3/h6-9,15-16,18,28,30,34-35H,4-5,10-14,17H2,1-3H3,(H2,29,37). The lowest BCUT2D eigenvalue weighted by atomic mass is 9.98. The van der Waals surface area contributed by atoms with Crippen molar-refractivity contribution in [1.82, 2.24) is 15.1 Å². The van der Waals surface area contributed by atoms with E-state index in [0.29, 0.717) is 37.3 Å². The van der Waals surface area contributed by atoms with Gasteiger partial charge in [0.05, 0.1) is 11.3 Å². The molecule has 10 heteroatoms. The van der Waals surface area contributed by atoms with Crippen molar-refractivity contribution in [2.24, 2.45) is 5.73 Å². The summed E-state index contributed by atoms with van der Waals surface area (Å²) in [5.41, 5.74) is 7.70. The number of phenols is 2. The van der Waals surface area contributed by atoms with Gasteiger partial charge in [0.25, 0.3) is 0 Å². The van der Waals surface area contributed by atoms with E-state index in [0.717, 1.165) is 36.5 Å². The van der Waals surface area contributed by atoms with Crippen molar-refractivity contribution in [3.63, 3.8) is 0 Å². The molecule has 3 rings (SSSR count). The number of nitrogens with one attached hydrogen (secondary N) is 2. The first-order chi connectivity index (χ1) is 17.6. The highest BCUT2D eigenvalue weighted by Gasteiger charge is 2.24. The second kappa shape index (κ2) is 12.6. The second-order valence-electron chi connectivity index (χ2n) is 9.64. The molecule has 1 aliphatic rings. The topological polar surface area (TPSA) is 146 Å². The minimum absolute atomic E-state index is 0.0493. The predicted octanol–water partition coefficient (Wildman–Crippen LogP) is 2.78. The van der Waals surface area contributed by atoms with Crippen molar-refractivity contribution in [1.29, 1.82) is 5.41 Å². The van der Waals surface area contributed by atoms with E-state index >= 15 is 0 Å². The van der Waals surface area contributed by atoms with E-state index in [4.69, 9.17) is 11.1 Å². The maximum atomic E-state index is 12.3. The number of rotatable bonds is 9. The van der Waals surface area contributed by atoms with Gasteiger partial charge in [-0.05, 0) is 55.3 Å². The number of anilines is 1. The van der Waals surface area contributed by atoms with Crippen molar-refractivity contribution < 1.29 is 19.8 Å². The fourth-order valence-electron chi connectivity index (χ4n) is 4.47. The number of aromatic hydroxyl groups is 2. The lowest BCUT2D eigenvalue weighted by Crippen LogP contribution is -2.48. The molecule has 1 saturated heterocycles. The zero-order valence-electron chi connectivity index (χ0n) is 21.8. The van der Waals surface area contributed by atoms with Crippen LogP contribution >= 0.6 is 0 Å². The highest BCUT2D eigenvalue weighted by Crippen LogP contribution is 2.33. The van der Waals surface area contributed by atoms with Crippen LogP contribution in [-0.4, -0.2) is 77.6 Å². The molecule has 1 aliphatic heterocycles. The molecule has 0 saturated carbocycles. The number of carbonyl (C=O) groups excluding carboxylic acids is 2. The number of amides is 3. The molecule has 0 atom stereocenters. The van der Waals surface area contributed by atoms with Crippen LogP contribution in [0.4, 0.5) is 10.5 Å². The normalized spacial score (nSPS) is 14.1. The largest absolute Gasteiger partial charge is 0.508 e. The van der Waals surface area contributed by atoms with Crippen LogP contribution < -0.4 is 16.0 Å². The average Bonchev–Trinajstić information content (AvgIpc) is 2.85. The van der Waals surface area contributed by atoms with Gasteiger partial charge >= 0.3 is 6.03 Å². The Morgan fingerprint density at radius 1 is 1.08 bits per heavy atom. The Morgan fingerprint density at radius 2 is 1.73 bits per heavy atom. The van der Waals surface area contributed by atoms with E-state index in [1.807, 2.05) is 37.9 Å². The molecule has 3 amide bonds. The minimum Gasteiger partial charge on any atom is -0.508 e. The molecule has 37 heavy (non-hydrogen) atoms. The number of primary amides is 1. The van der Waals surface area contributed by atoms with Crippen LogP contribution in [0.3, 0.4) is 0 Å². The zero-order valence-corrected chi connectivity index (χ0v) is 21.8. The van der Waals surface area contributed by atoms with Gasteiger partial charge in [-0.15, -0.1) is 0 Å². The van der Waals surface area contributed by atoms with Gasteiger partial charge < -0.3 is 26.2 Å². The van der Waals surface area contributed by atoms with E-state index in [2.05, 4.69) is 10.2 Å². The van der Waals surface area contributed by atoms with Gasteiger partial charge in [0.1, 0.15) is 17.3 Å². The number of hydrogen-bond donors (Lipinski definition) is 5. The van der Waals surface area contributed by atoms with E-state index in [-0.39, 0.29) is 34.7 Å². The molecule has 2 aromatic rings. The van der Waals surface area contributed by atoms with E-state index in [1.54, 1.807) is 12.1 Å². The number of amidine groups is 1. The number of carbonyl (C=O) groups is 2. The molecule has 200 valence electrons. The number of nitrogens with zero attached hydrogens (tertiary/aromatic N) is 3. The summed E-state index contributed by atoms with van der Waals surface area (Å²) in [6, 6.07) is 9.03. The number of hydrogen-bond acceptors (Lipinski definition) is 7. The Labute approximate surface area is 218 Å². The van der Waals surface area contributed by atoms with Crippen LogP contribution in [0.1, 0.15) is 49.3 Å². The van der Waals surface area contributed by atoms with Crippen LogP contribution in [0.5, 0.6) is 11.5 Å². The first kappa shape index (κ1) is 27.9. The third-order valence-electron chi connectivity index (χ3n) is 6.61. The summed E-state index contributed by atoms with van der Waals surface area (Å²) in [4.78, 5) is 29.9. The Balaban J connectivity index is 1.66. The summed E-state index contributed by atoms with van der Waals surface area (Å²) in [5, 5.41) is 32.2. The molecule has 10 nitrogen and oxygen atoms in total. The average molecular weight is 511 g/mol. The van der Waals surface area contributed by atoms with Crippen LogP contribution in [0.15, 0.2) is 36.4 Å². The third-order valence-corrected chi connectivity index (χ3v) is 6.61. The molecule has 0 aromatic heterocycles. The molecule has 0 unspecified atom stereocenters. The lowest BCUT2D eigenvalue weighted by molar-refractivity contribution is -0.133. The highest BCUT2D eigenvalue weighted by atomic mass is 16.3. The van der Waals surface area contributed by atoms with Gasteiger partial charge in [0.15, 0.2) is 0 Å². The number of phenolic OH excluding ortho intramolecular Hbond substituents is 2. The number of piperazine rings is 1. The smallest absolute Gasteiger partial charge is 0.325 e. The fourth-order valence-corrected chi connectivity index (χ4v) is 4.47. The Bertz CT molecular complexity index is 1110. The van der Waals surface area contributed by atoms with Crippen LogP contribution in [0, 0.1) is 5.41 Å². The predicted molar refractivity (Wildman–Crippen MR) is 144 cm³/mol. The van der Waals surface area contributed by atoms with Crippen molar-refractivity contribution in [3.05, 3.63) is 53.1 Å². The van der Waals surface area contributed by atoms with E-state index < -0.39 is 6.03 Å². The minimum atomic E-state index is -0.855. The van der Waals surface area contributed by atoms with Crippen molar-refractivity contribution in [3.8, 4) is 11.5 Å². The van der Waals surface area contributed by atoms with Crippen LogP contribution in [-0.2, 0) is 11.3 Å². The third kappa shape index (κ3) is 6.99. The quantitative estimate of drug-likeness (QED) is 0.199. The molecule has 2 aromatic carbocycles. The molecule has 0 aliphatic carbocycles. The maximum Gasteiger partial charge on any atom is 0.325 e. The number of benzene rings is 2. The molecule has 0 bridgehead atoms. The van der Waals surface area contributed by atoms with E-state index in [9.17, 15) is 19.8 Å². The molecule has 1 heterocycles. The Hall–Kier alpha value is -3.63. The summed E-state index contributed by atoms with van der Waals surface area (Å²) < 4.78 is 0. The van der Waals surface area contributed by atoms with Gasteiger partial charge in [0, 0.05) is 45.2 Å². The molecule has 0 spiro atoms. The molecular weight excluding hydrogens is 472 g/mol. The van der Waals surface area contributed by atoms with Gasteiger partial charge in [-0.25, -0.2) is 9.69 Å². The Kier molecular flexibility index (Phi) is 9.48. The van der Waals surface area contributed by atoms with Crippen LogP contribution in [0.25, 0.3) is 0 Å². The summed E-state index contributed by atoms with van der Waals surface area (Å²) in [5.74, 6) is -0.511. The summed E-state index contributed by atoms with van der Waals surface area (Å²) in [6.45, 7) is 8.29. The molecule has 1 fully saturated rings. The first-order valence-electron chi connectivity index (χ1n) is 12.6. The fraction of sp³-hybridized carbons (Fsp3) is 0.444. The number of nitrogens with two attached hydrogens (primary N) is 1. The van der Waals surface area contributed by atoms with Gasteiger partial charge in [-0.2, -0.15) is 0 Å². The van der Waals surface area contributed by atoms with Crippen molar-refractivity contribution in [2.75, 3.05) is 44.7 Å².